The van der Waals surface area contributed by atoms with E-state index in [0.29, 0.717) is 12.1 Å². The zero-order chi connectivity index (χ0) is 16.0. The maximum Gasteiger partial charge on any atom is 0.254 e. The lowest BCUT2D eigenvalue weighted by Gasteiger charge is -2.36. The number of hydrogen-bond acceptors (Lipinski definition) is 2. The Balaban J connectivity index is 1.54. The van der Waals surface area contributed by atoms with E-state index in [1.165, 1.54) is 25.7 Å². The van der Waals surface area contributed by atoms with Crippen LogP contribution in [0.15, 0.2) is 35.9 Å². The molecule has 0 radical (unpaired) electrons. The lowest BCUT2D eigenvalue weighted by atomic mass is 9.94. The van der Waals surface area contributed by atoms with Gasteiger partial charge in [0.2, 0.25) is 0 Å². The molecular weight excluding hydrogens is 284 g/mol. The van der Waals surface area contributed by atoms with Gasteiger partial charge in [-0.25, -0.2) is 0 Å². The van der Waals surface area contributed by atoms with Crippen molar-refractivity contribution in [1.82, 2.24) is 4.90 Å². The fourth-order valence-corrected chi connectivity index (χ4v) is 4.18. The molecule has 2 saturated heterocycles. The van der Waals surface area contributed by atoms with Crippen LogP contribution in [0.1, 0.15) is 48.9 Å². The summed E-state index contributed by atoms with van der Waals surface area (Å²) in [5.41, 5.74) is 3.54. The van der Waals surface area contributed by atoms with Crippen LogP contribution in [0.2, 0.25) is 0 Å². The lowest BCUT2D eigenvalue weighted by molar-refractivity contribution is 0.0634. The lowest BCUT2D eigenvalue weighted by Crippen LogP contribution is -2.44. The van der Waals surface area contributed by atoms with Gasteiger partial charge >= 0.3 is 0 Å². The van der Waals surface area contributed by atoms with E-state index in [1.54, 1.807) is 5.57 Å². The summed E-state index contributed by atoms with van der Waals surface area (Å²) in [6, 6.07) is 8.88. The maximum absolute atomic E-state index is 13.1. The molecule has 0 spiro atoms. The van der Waals surface area contributed by atoms with Crippen LogP contribution in [0.5, 0.6) is 0 Å². The molecule has 1 aromatic carbocycles. The number of carbonyl (C=O) groups is 1. The molecule has 1 aromatic rings. The molecule has 4 rings (SSSR count). The molecule has 1 saturated carbocycles. The quantitative estimate of drug-likeness (QED) is 0.792. The molecule has 122 valence electrons. The predicted molar refractivity (Wildman–Crippen MR) is 93.8 cm³/mol. The zero-order valence-corrected chi connectivity index (χ0v) is 14.2. The number of anilines is 1. The van der Waals surface area contributed by atoms with Crippen molar-refractivity contribution in [2.75, 3.05) is 19.0 Å². The molecule has 1 aliphatic carbocycles. The van der Waals surface area contributed by atoms with Gasteiger partial charge in [-0.05, 0) is 62.6 Å². The molecular formula is C20H26N2O. The highest BCUT2D eigenvalue weighted by Gasteiger charge is 2.41. The van der Waals surface area contributed by atoms with Crippen LogP contribution in [-0.4, -0.2) is 37.0 Å². The summed E-state index contributed by atoms with van der Waals surface area (Å²) in [5.74, 6) is 1.08. The topological polar surface area (TPSA) is 23.6 Å². The SMILES string of the molecule is CN(C)c1cccc(C(=O)N2C3CCC2CC(=CC2CC2)C3)c1. The first kappa shape index (κ1) is 14.8. The van der Waals surface area contributed by atoms with Crippen LogP contribution >= 0.6 is 0 Å². The molecule has 2 heterocycles. The number of piperidine rings is 1. The van der Waals surface area contributed by atoms with Gasteiger partial charge < -0.3 is 9.80 Å². The van der Waals surface area contributed by atoms with Gasteiger partial charge in [0.25, 0.3) is 5.91 Å². The Hall–Kier alpha value is -1.77. The van der Waals surface area contributed by atoms with E-state index in [2.05, 4.69) is 21.9 Å². The third kappa shape index (κ3) is 2.89. The smallest absolute Gasteiger partial charge is 0.254 e. The van der Waals surface area contributed by atoms with Gasteiger partial charge in [0.15, 0.2) is 0 Å². The number of benzene rings is 1. The fourth-order valence-electron chi connectivity index (χ4n) is 4.18. The Labute approximate surface area is 139 Å². The highest BCUT2D eigenvalue weighted by molar-refractivity contribution is 5.96. The summed E-state index contributed by atoms with van der Waals surface area (Å²) >= 11 is 0. The molecule has 0 N–H and O–H groups in total. The van der Waals surface area contributed by atoms with Crippen LogP contribution in [0, 0.1) is 5.92 Å². The first-order valence-electron chi connectivity index (χ1n) is 8.91. The van der Waals surface area contributed by atoms with E-state index in [9.17, 15) is 4.79 Å². The average molecular weight is 310 g/mol. The summed E-state index contributed by atoms with van der Waals surface area (Å²) < 4.78 is 0. The predicted octanol–water partition coefficient (Wildman–Crippen LogP) is 3.86. The molecule has 3 aliphatic rings. The van der Waals surface area contributed by atoms with E-state index < -0.39 is 0 Å². The largest absolute Gasteiger partial charge is 0.378 e. The van der Waals surface area contributed by atoms with E-state index in [-0.39, 0.29) is 5.91 Å². The second-order valence-electron chi connectivity index (χ2n) is 7.61. The number of hydrogen-bond donors (Lipinski definition) is 0. The standard InChI is InChI=1S/C20H26N2O/c1-21(2)17-5-3-4-16(13-17)20(23)22-18-8-9-19(22)12-15(11-18)10-14-6-7-14/h3-5,10,13-14,18-19H,6-9,11-12H2,1-2H3. The summed E-state index contributed by atoms with van der Waals surface area (Å²) in [6.45, 7) is 0. The third-order valence-electron chi connectivity index (χ3n) is 5.55. The van der Waals surface area contributed by atoms with Gasteiger partial charge in [0, 0.05) is 37.4 Å². The summed E-state index contributed by atoms with van der Waals surface area (Å²) in [4.78, 5) is 17.3. The second-order valence-corrected chi connectivity index (χ2v) is 7.61. The van der Waals surface area contributed by atoms with Crippen molar-refractivity contribution in [3.05, 3.63) is 41.5 Å². The van der Waals surface area contributed by atoms with Gasteiger partial charge in [0.05, 0.1) is 0 Å². The Morgan fingerprint density at radius 2 is 1.83 bits per heavy atom. The molecule has 23 heavy (non-hydrogen) atoms. The monoisotopic (exact) mass is 310 g/mol. The fraction of sp³-hybridized carbons (Fsp3) is 0.550. The van der Waals surface area contributed by atoms with Crippen LogP contribution in [0.25, 0.3) is 0 Å². The number of carbonyl (C=O) groups excluding carboxylic acids is 1. The van der Waals surface area contributed by atoms with Crippen LogP contribution in [0.3, 0.4) is 0 Å². The summed E-state index contributed by atoms with van der Waals surface area (Å²) in [6.07, 6.45) is 9.81. The zero-order valence-electron chi connectivity index (χ0n) is 14.2. The molecule has 3 fully saturated rings. The van der Waals surface area contributed by atoms with Gasteiger partial charge in [-0.3, -0.25) is 4.79 Å². The number of allylic oxidation sites excluding steroid dienone is 1. The number of fused-ring (bicyclic) bond motifs is 2. The minimum absolute atomic E-state index is 0.228. The second kappa shape index (κ2) is 5.70. The van der Waals surface area contributed by atoms with Gasteiger partial charge in [-0.15, -0.1) is 0 Å². The molecule has 2 unspecified atom stereocenters. The normalized spacial score (nSPS) is 26.3. The summed E-state index contributed by atoms with van der Waals surface area (Å²) in [7, 11) is 4.03. The summed E-state index contributed by atoms with van der Waals surface area (Å²) in [5, 5.41) is 0. The minimum Gasteiger partial charge on any atom is -0.378 e. The van der Waals surface area contributed by atoms with Gasteiger partial charge in [-0.2, -0.15) is 0 Å². The molecule has 1 amide bonds. The molecule has 3 nitrogen and oxygen atoms in total. The van der Waals surface area contributed by atoms with Crippen molar-refractivity contribution in [2.24, 2.45) is 5.92 Å². The minimum atomic E-state index is 0.228. The van der Waals surface area contributed by atoms with Crippen LogP contribution in [-0.2, 0) is 0 Å². The van der Waals surface area contributed by atoms with Crippen molar-refractivity contribution in [1.29, 1.82) is 0 Å². The first-order chi connectivity index (χ1) is 11.1. The van der Waals surface area contributed by atoms with Crippen molar-refractivity contribution in [3.63, 3.8) is 0 Å². The van der Waals surface area contributed by atoms with E-state index in [4.69, 9.17) is 0 Å². The number of rotatable bonds is 3. The van der Waals surface area contributed by atoms with E-state index in [0.717, 1.165) is 30.0 Å². The molecule has 2 bridgehead atoms. The molecule has 3 heteroatoms. The Morgan fingerprint density at radius 3 is 2.43 bits per heavy atom. The van der Waals surface area contributed by atoms with Crippen molar-refractivity contribution in [3.8, 4) is 0 Å². The molecule has 2 atom stereocenters. The molecule has 0 aromatic heterocycles. The number of nitrogens with zero attached hydrogens (tertiary/aromatic N) is 2. The Kier molecular flexibility index (Phi) is 3.67. The maximum atomic E-state index is 13.1. The first-order valence-corrected chi connectivity index (χ1v) is 8.91. The van der Waals surface area contributed by atoms with Crippen LogP contribution in [0.4, 0.5) is 5.69 Å². The van der Waals surface area contributed by atoms with E-state index in [1.807, 2.05) is 32.3 Å². The van der Waals surface area contributed by atoms with Gasteiger partial charge in [-0.1, -0.05) is 17.7 Å². The Morgan fingerprint density at radius 1 is 1.13 bits per heavy atom. The third-order valence-corrected chi connectivity index (χ3v) is 5.55. The van der Waals surface area contributed by atoms with E-state index >= 15 is 0 Å². The highest BCUT2D eigenvalue weighted by Crippen LogP contribution is 2.42. The number of amides is 1. The van der Waals surface area contributed by atoms with Crippen molar-refractivity contribution < 1.29 is 4.79 Å². The van der Waals surface area contributed by atoms with Crippen molar-refractivity contribution in [2.45, 2.75) is 50.6 Å². The van der Waals surface area contributed by atoms with Crippen molar-refractivity contribution >= 4 is 11.6 Å². The van der Waals surface area contributed by atoms with Gasteiger partial charge in [0.1, 0.15) is 0 Å². The molecule has 2 aliphatic heterocycles. The highest BCUT2D eigenvalue weighted by atomic mass is 16.2. The van der Waals surface area contributed by atoms with Crippen LogP contribution < -0.4 is 4.90 Å². The Bertz CT molecular complexity index is 629. The average Bonchev–Trinajstić information content (AvgIpc) is 3.31.